The molecular formula is C14H21NO2. The molecule has 0 radical (unpaired) electrons. The number of hydrogen-bond donors (Lipinski definition) is 1. The first-order chi connectivity index (χ1) is 8.15. The third-order valence-corrected chi connectivity index (χ3v) is 2.79. The van der Waals surface area contributed by atoms with Crippen LogP contribution in [0.1, 0.15) is 32.4 Å². The van der Waals surface area contributed by atoms with Crippen molar-refractivity contribution in [2.75, 3.05) is 13.2 Å². The minimum atomic E-state index is 0.150. The van der Waals surface area contributed by atoms with Crippen LogP contribution in [0.2, 0.25) is 0 Å². The Morgan fingerprint density at radius 2 is 2.06 bits per heavy atom. The second-order valence-electron chi connectivity index (χ2n) is 4.95. The van der Waals surface area contributed by atoms with E-state index in [4.69, 9.17) is 9.47 Å². The monoisotopic (exact) mass is 235 g/mol. The highest BCUT2D eigenvalue weighted by Gasteiger charge is 2.22. The van der Waals surface area contributed by atoms with Crippen molar-refractivity contribution >= 4 is 0 Å². The minimum absolute atomic E-state index is 0.150. The van der Waals surface area contributed by atoms with Crippen LogP contribution < -0.4 is 10.1 Å². The second-order valence-corrected chi connectivity index (χ2v) is 4.95. The summed E-state index contributed by atoms with van der Waals surface area (Å²) in [5.41, 5.74) is 1.21. The molecule has 1 aliphatic rings. The molecule has 0 spiro atoms. The highest BCUT2D eigenvalue weighted by atomic mass is 16.5. The van der Waals surface area contributed by atoms with Crippen LogP contribution in [0.3, 0.4) is 0 Å². The summed E-state index contributed by atoms with van der Waals surface area (Å²) in [6.45, 7) is 7.97. The van der Waals surface area contributed by atoms with E-state index in [0.717, 1.165) is 18.9 Å². The van der Waals surface area contributed by atoms with Gasteiger partial charge in [-0.1, -0.05) is 26.0 Å². The lowest BCUT2D eigenvalue weighted by Crippen LogP contribution is -2.17. The Hall–Kier alpha value is -1.06. The van der Waals surface area contributed by atoms with Gasteiger partial charge in [-0.15, -0.1) is 0 Å². The van der Waals surface area contributed by atoms with Gasteiger partial charge in [0.05, 0.1) is 12.7 Å². The topological polar surface area (TPSA) is 30.5 Å². The first-order valence-electron chi connectivity index (χ1n) is 6.27. The smallest absolute Gasteiger partial charge is 0.119 e. The predicted octanol–water partition coefficient (Wildman–Crippen LogP) is 2.73. The number of benzene rings is 1. The van der Waals surface area contributed by atoms with Crippen molar-refractivity contribution in [3.8, 4) is 5.75 Å². The summed E-state index contributed by atoms with van der Waals surface area (Å²) in [6.07, 6.45) is 0.320. The maximum absolute atomic E-state index is 5.73. The van der Waals surface area contributed by atoms with E-state index in [9.17, 15) is 0 Å². The first kappa shape index (κ1) is 12.4. The summed E-state index contributed by atoms with van der Waals surface area (Å²) in [5, 5.41) is 3.27. The summed E-state index contributed by atoms with van der Waals surface area (Å²) < 4.78 is 11.4. The third-order valence-electron chi connectivity index (χ3n) is 2.79. The number of nitrogens with one attached hydrogen (secondary N) is 1. The quantitative estimate of drug-likeness (QED) is 0.870. The van der Waals surface area contributed by atoms with Crippen molar-refractivity contribution < 1.29 is 9.47 Å². The fraction of sp³-hybridized carbons (Fsp3) is 0.571. The molecule has 1 aliphatic heterocycles. The van der Waals surface area contributed by atoms with Gasteiger partial charge >= 0.3 is 0 Å². The highest BCUT2D eigenvalue weighted by Crippen LogP contribution is 2.24. The molecule has 0 aliphatic carbocycles. The van der Waals surface area contributed by atoms with E-state index in [1.54, 1.807) is 0 Å². The first-order valence-corrected chi connectivity index (χ1v) is 6.27. The summed E-state index contributed by atoms with van der Waals surface area (Å²) in [4.78, 5) is 0. The Morgan fingerprint density at radius 1 is 1.35 bits per heavy atom. The van der Waals surface area contributed by atoms with E-state index in [2.05, 4.69) is 31.3 Å². The summed E-state index contributed by atoms with van der Waals surface area (Å²) >= 11 is 0. The standard InChI is InChI=1S/C14H21NO2/c1-10(2)9-16-13-6-4-12(5-7-13)14-8-15-11(3)17-14/h4-7,10-11,14-15H,8-9H2,1-3H3. The zero-order valence-corrected chi connectivity index (χ0v) is 10.8. The normalized spacial score (nSPS) is 24.2. The van der Waals surface area contributed by atoms with E-state index in [1.807, 2.05) is 19.1 Å². The molecule has 1 aromatic carbocycles. The molecule has 1 aromatic rings. The summed E-state index contributed by atoms with van der Waals surface area (Å²) in [7, 11) is 0. The van der Waals surface area contributed by atoms with Gasteiger partial charge in [0.2, 0.25) is 0 Å². The molecule has 2 unspecified atom stereocenters. The molecule has 0 aromatic heterocycles. The van der Waals surface area contributed by atoms with E-state index >= 15 is 0 Å². The Bertz CT molecular complexity index is 348. The van der Waals surface area contributed by atoms with Gasteiger partial charge in [0.25, 0.3) is 0 Å². The largest absolute Gasteiger partial charge is 0.493 e. The maximum atomic E-state index is 5.73. The molecule has 1 fully saturated rings. The average Bonchev–Trinajstić information content (AvgIpc) is 2.74. The fourth-order valence-electron chi connectivity index (χ4n) is 1.85. The molecule has 1 heterocycles. The van der Waals surface area contributed by atoms with Crippen LogP contribution in [0.25, 0.3) is 0 Å². The van der Waals surface area contributed by atoms with Gasteiger partial charge < -0.3 is 9.47 Å². The molecule has 2 atom stereocenters. The van der Waals surface area contributed by atoms with Crippen molar-refractivity contribution in [3.05, 3.63) is 29.8 Å². The molecule has 0 bridgehead atoms. The molecule has 3 nitrogen and oxygen atoms in total. The van der Waals surface area contributed by atoms with Crippen molar-refractivity contribution in [3.63, 3.8) is 0 Å². The molecule has 17 heavy (non-hydrogen) atoms. The maximum Gasteiger partial charge on any atom is 0.119 e. The number of rotatable bonds is 4. The van der Waals surface area contributed by atoms with Crippen molar-refractivity contribution in [2.24, 2.45) is 5.92 Å². The molecule has 1 saturated heterocycles. The summed E-state index contributed by atoms with van der Waals surface area (Å²) in [6, 6.07) is 8.20. The van der Waals surface area contributed by atoms with Crippen LogP contribution in [-0.2, 0) is 4.74 Å². The van der Waals surface area contributed by atoms with Crippen LogP contribution in [0.5, 0.6) is 5.75 Å². The van der Waals surface area contributed by atoms with Gasteiger partial charge in [-0.05, 0) is 30.5 Å². The van der Waals surface area contributed by atoms with Crippen LogP contribution in [0.4, 0.5) is 0 Å². The Morgan fingerprint density at radius 3 is 2.59 bits per heavy atom. The molecule has 0 amide bonds. The molecule has 0 saturated carbocycles. The van der Waals surface area contributed by atoms with Crippen molar-refractivity contribution in [1.29, 1.82) is 0 Å². The number of hydrogen-bond acceptors (Lipinski definition) is 3. The van der Waals surface area contributed by atoms with Crippen molar-refractivity contribution in [2.45, 2.75) is 33.1 Å². The minimum Gasteiger partial charge on any atom is -0.493 e. The summed E-state index contributed by atoms with van der Waals surface area (Å²) in [5.74, 6) is 1.49. The van der Waals surface area contributed by atoms with E-state index in [0.29, 0.717) is 5.92 Å². The van der Waals surface area contributed by atoms with Crippen LogP contribution >= 0.6 is 0 Å². The highest BCUT2D eigenvalue weighted by molar-refractivity contribution is 5.29. The SMILES string of the molecule is CC(C)COc1ccc(C2CNC(C)O2)cc1. The molecular weight excluding hydrogens is 214 g/mol. The Balaban J connectivity index is 1.93. The van der Waals surface area contributed by atoms with E-state index in [-0.39, 0.29) is 12.3 Å². The third kappa shape index (κ3) is 3.45. The van der Waals surface area contributed by atoms with Crippen LogP contribution in [0.15, 0.2) is 24.3 Å². The van der Waals surface area contributed by atoms with Crippen LogP contribution in [0, 0.1) is 5.92 Å². The lowest BCUT2D eigenvalue weighted by molar-refractivity contribution is 0.0529. The zero-order chi connectivity index (χ0) is 12.3. The lowest BCUT2D eigenvalue weighted by atomic mass is 10.1. The molecule has 2 rings (SSSR count). The van der Waals surface area contributed by atoms with Gasteiger partial charge in [0.1, 0.15) is 12.0 Å². The van der Waals surface area contributed by atoms with Crippen LogP contribution in [-0.4, -0.2) is 19.4 Å². The van der Waals surface area contributed by atoms with Crippen molar-refractivity contribution in [1.82, 2.24) is 5.32 Å². The average molecular weight is 235 g/mol. The van der Waals surface area contributed by atoms with Gasteiger partial charge in [-0.2, -0.15) is 0 Å². The molecule has 3 heteroatoms. The fourth-order valence-corrected chi connectivity index (χ4v) is 1.85. The Labute approximate surface area is 103 Å². The Kier molecular flexibility index (Phi) is 4.02. The molecule has 1 N–H and O–H groups in total. The van der Waals surface area contributed by atoms with Gasteiger partial charge in [-0.3, -0.25) is 5.32 Å². The van der Waals surface area contributed by atoms with Gasteiger partial charge in [-0.25, -0.2) is 0 Å². The van der Waals surface area contributed by atoms with E-state index < -0.39 is 0 Å². The number of ether oxygens (including phenoxy) is 2. The predicted molar refractivity (Wildman–Crippen MR) is 68.1 cm³/mol. The lowest BCUT2D eigenvalue weighted by Gasteiger charge is -2.12. The second kappa shape index (κ2) is 5.52. The van der Waals surface area contributed by atoms with E-state index in [1.165, 1.54) is 5.56 Å². The van der Waals surface area contributed by atoms with Gasteiger partial charge in [0.15, 0.2) is 0 Å². The van der Waals surface area contributed by atoms with Gasteiger partial charge in [0, 0.05) is 6.54 Å². The zero-order valence-electron chi connectivity index (χ0n) is 10.8. The molecule has 94 valence electrons.